The average molecular weight is 392 g/mol. The SMILES string of the molecule is COc1ccc(C(C)NC2CCC(c3ccc(S(C)(=O)=O)cc3)C2)cc1F. The number of nitrogens with one attached hydrogen (secondary N) is 1. The van der Waals surface area contributed by atoms with E-state index in [-0.39, 0.29) is 17.6 Å². The summed E-state index contributed by atoms with van der Waals surface area (Å²) in [6.45, 7) is 2.04. The van der Waals surface area contributed by atoms with Crippen LogP contribution in [-0.4, -0.2) is 27.8 Å². The molecule has 0 saturated heterocycles. The van der Waals surface area contributed by atoms with E-state index in [2.05, 4.69) is 5.32 Å². The summed E-state index contributed by atoms with van der Waals surface area (Å²) in [5.41, 5.74) is 2.07. The molecule has 3 rings (SSSR count). The Balaban J connectivity index is 1.61. The van der Waals surface area contributed by atoms with Crippen LogP contribution in [-0.2, 0) is 9.84 Å². The summed E-state index contributed by atoms with van der Waals surface area (Å²) in [6.07, 6.45) is 4.31. The summed E-state index contributed by atoms with van der Waals surface area (Å²) < 4.78 is 42.1. The first-order valence-electron chi connectivity index (χ1n) is 9.17. The van der Waals surface area contributed by atoms with Gasteiger partial charge in [-0.05, 0) is 67.5 Å². The summed E-state index contributed by atoms with van der Waals surface area (Å²) in [5, 5.41) is 3.59. The molecule has 2 aromatic carbocycles. The molecule has 27 heavy (non-hydrogen) atoms. The standard InChI is InChI=1S/C21H26FNO3S/c1-14(16-7-11-21(26-2)20(22)13-16)23-18-8-4-17(12-18)15-5-9-19(10-6-15)27(3,24)25/h5-7,9-11,13-14,17-18,23H,4,8,12H2,1-3H3. The van der Waals surface area contributed by atoms with Gasteiger partial charge in [0.2, 0.25) is 0 Å². The highest BCUT2D eigenvalue weighted by atomic mass is 32.2. The molecule has 1 N–H and O–H groups in total. The number of hydrogen-bond acceptors (Lipinski definition) is 4. The van der Waals surface area contributed by atoms with Crippen molar-refractivity contribution in [2.45, 2.75) is 49.1 Å². The van der Waals surface area contributed by atoms with Crippen LogP contribution in [0.2, 0.25) is 0 Å². The molecule has 0 heterocycles. The van der Waals surface area contributed by atoms with E-state index in [0.717, 1.165) is 24.8 Å². The van der Waals surface area contributed by atoms with Gasteiger partial charge in [-0.25, -0.2) is 12.8 Å². The molecule has 3 unspecified atom stereocenters. The molecular weight excluding hydrogens is 365 g/mol. The second-order valence-electron chi connectivity index (χ2n) is 7.33. The number of methoxy groups -OCH3 is 1. The Morgan fingerprint density at radius 3 is 2.44 bits per heavy atom. The van der Waals surface area contributed by atoms with Crippen LogP contribution in [0.1, 0.15) is 49.3 Å². The van der Waals surface area contributed by atoms with Crippen LogP contribution < -0.4 is 10.1 Å². The van der Waals surface area contributed by atoms with Crippen LogP contribution >= 0.6 is 0 Å². The van der Waals surface area contributed by atoms with Crippen molar-refractivity contribution in [3.8, 4) is 5.75 Å². The molecule has 1 saturated carbocycles. The normalized spacial score (nSPS) is 21.2. The Hall–Kier alpha value is -1.92. The van der Waals surface area contributed by atoms with Crippen molar-refractivity contribution >= 4 is 9.84 Å². The minimum atomic E-state index is -3.16. The van der Waals surface area contributed by atoms with Gasteiger partial charge >= 0.3 is 0 Å². The lowest BCUT2D eigenvalue weighted by molar-refractivity contribution is 0.385. The third kappa shape index (κ3) is 4.68. The van der Waals surface area contributed by atoms with Gasteiger partial charge in [0.25, 0.3) is 0 Å². The summed E-state index contributed by atoms with van der Waals surface area (Å²) in [7, 11) is -1.70. The number of sulfone groups is 1. The third-order valence-electron chi connectivity index (χ3n) is 5.37. The highest BCUT2D eigenvalue weighted by molar-refractivity contribution is 7.90. The van der Waals surface area contributed by atoms with Crippen LogP contribution in [0.3, 0.4) is 0 Å². The zero-order valence-corrected chi connectivity index (χ0v) is 16.7. The Bertz CT molecular complexity index is 896. The Morgan fingerprint density at radius 2 is 1.85 bits per heavy atom. The molecule has 1 aliphatic rings. The fraction of sp³-hybridized carbons (Fsp3) is 0.429. The van der Waals surface area contributed by atoms with Gasteiger partial charge in [0, 0.05) is 18.3 Å². The first-order chi connectivity index (χ1) is 12.8. The lowest BCUT2D eigenvalue weighted by Crippen LogP contribution is -2.29. The van der Waals surface area contributed by atoms with Gasteiger partial charge in [0.05, 0.1) is 12.0 Å². The molecule has 2 aromatic rings. The van der Waals surface area contributed by atoms with E-state index < -0.39 is 9.84 Å². The first kappa shape index (κ1) is 19.8. The van der Waals surface area contributed by atoms with E-state index in [1.54, 1.807) is 18.2 Å². The number of hydrogen-bond donors (Lipinski definition) is 1. The molecule has 146 valence electrons. The molecule has 1 aliphatic carbocycles. The monoisotopic (exact) mass is 391 g/mol. The Kier molecular flexibility index (Phi) is 5.86. The Morgan fingerprint density at radius 1 is 1.15 bits per heavy atom. The second kappa shape index (κ2) is 7.98. The van der Waals surface area contributed by atoms with Crippen LogP contribution in [0.5, 0.6) is 5.75 Å². The van der Waals surface area contributed by atoms with Gasteiger partial charge in [-0.1, -0.05) is 18.2 Å². The molecule has 3 atom stereocenters. The van der Waals surface area contributed by atoms with Crippen molar-refractivity contribution in [3.63, 3.8) is 0 Å². The van der Waals surface area contributed by atoms with Crippen molar-refractivity contribution in [1.82, 2.24) is 5.32 Å². The topological polar surface area (TPSA) is 55.4 Å². The zero-order valence-electron chi connectivity index (χ0n) is 15.9. The highest BCUT2D eigenvalue weighted by Gasteiger charge is 2.27. The third-order valence-corrected chi connectivity index (χ3v) is 6.50. The largest absolute Gasteiger partial charge is 0.494 e. The van der Waals surface area contributed by atoms with E-state index in [9.17, 15) is 12.8 Å². The van der Waals surface area contributed by atoms with Gasteiger partial charge < -0.3 is 10.1 Å². The van der Waals surface area contributed by atoms with Gasteiger partial charge in [-0.2, -0.15) is 0 Å². The molecule has 0 amide bonds. The minimum absolute atomic E-state index is 0.0433. The van der Waals surface area contributed by atoms with E-state index in [1.165, 1.54) is 25.0 Å². The van der Waals surface area contributed by atoms with Crippen molar-refractivity contribution < 1.29 is 17.5 Å². The predicted octanol–water partition coefficient (Wildman–Crippen LogP) is 4.22. The minimum Gasteiger partial charge on any atom is -0.494 e. The number of ether oxygens (including phenoxy) is 1. The number of halogens is 1. The number of rotatable bonds is 6. The molecule has 4 nitrogen and oxygen atoms in total. The average Bonchev–Trinajstić information content (AvgIpc) is 3.09. The summed E-state index contributed by atoms with van der Waals surface area (Å²) >= 11 is 0. The van der Waals surface area contributed by atoms with Gasteiger partial charge in [-0.15, -0.1) is 0 Å². The van der Waals surface area contributed by atoms with Crippen LogP contribution in [0.4, 0.5) is 4.39 Å². The smallest absolute Gasteiger partial charge is 0.175 e. The molecule has 0 aliphatic heterocycles. The van der Waals surface area contributed by atoms with E-state index in [0.29, 0.717) is 16.9 Å². The summed E-state index contributed by atoms with van der Waals surface area (Å²) in [5.74, 6) is 0.319. The van der Waals surface area contributed by atoms with E-state index >= 15 is 0 Å². The maximum Gasteiger partial charge on any atom is 0.175 e. The highest BCUT2D eigenvalue weighted by Crippen LogP contribution is 2.36. The fourth-order valence-electron chi connectivity index (χ4n) is 3.82. The molecular formula is C21H26FNO3S. The van der Waals surface area contributed by atoms with E-state index in [4.69, 9.17) is 4.74 Å². The lowest BCUT2D eigenvalue weighted by Gasteiger charge is -2.20. The van der Waals surface area contributed by atoms with Gasteiger partial charge in [-0.3, -0.25) is 0 Å². The maximum absolute atomic E-state index is 13.9. The number of benzene rings is 2. The summed E-state index contributed by atoms with van der Waals surface area (Å²) in [6, 6.07) is 12.7. The molecule has 6 heteroatoms. The van der Waals surface area contributed by atoms with Crippen molar-refractivity contribution in [1.29, 1.82) is 0 Å². The second-order valence-corrected chi connectivity index (χ2v) is 9.35. The molecule has 1 fully saturated rings. The maximum atomic E-state index is 13.9. The Labute approximate surface area is 160 Å². The molecule has 0 bridgehead atoms. The molecule has 0 radical (unpaired) electrons. The quantitative estimate of drug-likeness (QED) is 0.801. The first-order valence-corrected chi connectivity index (χ1v) is 11.1. The van der Waals surface area contributed by atoms with Crippen LogP contribution in [0.25, 0.3) is 0 Å². The fourth-order valence-corrected chi connectivity index (χ4v) is 4.46. The zero-order chi connectivity index (χ0) is 19.6. The molecule has 0 spiro atoms. The van der Waals surface area contributed by atoms with Crippen molar-refractivity contribution in [2.24, 2.45) is 0 Å². The van der Waals surface area contributed by atoms with E-state index in [1.807, 2.05) is 25.1 Å². The van der Waals surface area contributed by atoms with Gasteiger partial charge in [0.15, 0.2) is 21.4 Å². The van der Waals surface area contributed by atoms with Crippen molar-refractivity contribution in [3.05, 3.63) is 59.4 Å². The summed E-state index contributed by atoms with van der Waals surface area (Å²) in [4.78, 5) is 0.356. The van der Waals surface area contributed by atoms with Crippen LogP contribution in [0.15, 0.2) is 47.4 Å². The van der Waals surface area contributed by atoms with Gasteiger partial charge in [0.1, 0.15) is 0 Å². The van der Waals surface area contributed by atoms with Crippen LogP contribution in [0, 0.1) is 5.82 Å². The van der Waals surface area contributed by atoms with Crippen molar-refractivity contribution in [2.75, 3.05) is 13.4 Å². The lowest BCUT2D eigenvalue weighted by atomic mass is 9.97. The molecule has 0 aromatic heterocycles. The predicted molar refractivity (Wildman–Crippen MR) is 104 cm³/mol.